The fourth-order valence-corrected chi connectivity index (χ4v) is 2.14. The highest BCUT2D eigenvalue weighted by Crippen LogP contribution is 2.10. The van der Waals surface area contributed by atoms with Gasteiger partial charge in [0.25, 0.3) is 5.56 Å². The molecule has 3 heteroatoms. The standard InChI is InChI=1S/C14H12N2O/c1-2-10-6-5-9-13-15-12-8-4-3-7-11(12)14(17)16(10)13/h3-9H,2H2,1H3. The van der Waals surface area contributed by atoms with E-state index in [9.17, 15) is 4.79 Å². The van der Waals surface area contributed by atoms with Crippen molar-refractivity contribution in [3.05, 3.63) is 58.5 Å². The van der Waals surface area contributed by atoms with E-state index in [1.807, 2.05) is 49.4 Å². The summed E-state index contributed by atoms with van der Waals surface area (Å²) in [5.74, 6) is 0. The van der Waals surface area contributed by atoms with Gasteiger partial charge in [-0.1, -0.05) is 25.1 Å². The van der Waals surface area contributed by atoms with Gasteiger partial charge in [0.1, 0.15) is 5.65 Å². The third kappa shape index (κ3) is 1.43. The highest BCUT2D eigenvalue weighted by Gasteiger charge is 2.06. The fourth-order valence-electron chi connectivity index (χ4n) is 2.14. The molecule has 0 radical (unpaired) electrons. The average Bonchev–Trinajstić information content (AvgIpc) is 2.38. The summed E-state index contributed by atoms with van der Waals surface area (Å²) in [7, 11) is 0. The van der Waals surface area contributed by atoms with E-state index in [4.69, 9.17) is 0 Å². The predicted octanol–water partition coefficient (Wildman–Crippen LogP) is 2.41. The Morgan fingerprint density at radius 1 is 1.12 bits per heavy atom. The Kier molecular flexibility index (Phi) is 2.18. The molecule has 0 saturated heterocycles. The predicted molar refractivity (Wildman–Crippen MR) is 68.3 cm³/mol. The van der Waals surface area contributed by atoms with Crippen molar-refractivity contribution >= 4 is 16.6 Å². The summed E-state index contributed by atoms with van der Waals surface area (Å²) >= 11 is 0. The number of aryl methyl sites for hydroxylation is 1. The van der Waals surface area contributed by atoms with E-state index in [-0.39, 0.29) is 5.56 Å². The number of hydrogen-bond acceptors (Lipinski definition) is 2. The summed E-state index contributed by atoms with van der Waals surface area (Å²) in [5.41, 5.74) is 2.48. The minimum absolute atomic E-state index is 0.0167. The molecular formula is C14H12N2O. The molecule has 17 heavy (non-hydrogen) atoms. The van der Waals surface area contributed by atoms with Crippen molar-refractivity contribution in [1.29, 1.82) is 0 Å². The van der Waals surface area contributed by atoms with Gasteiger partial charge in [-0.15, -0.1) is 0 Å². The average molecular weight is 224 g/mol. The van der Waals surface area contributed by atoms with Crippen LogP contribution < -0.4 is 5.56 Å². The normalized spacial score (nSPS) is 11.1. The molecule has 1 aromatic carbocycles. The van der Waals surface area contributed by atoms with Gasteiger partial charge in [-0.05, 0) is 30.7 Å². The summed E-state index contributed by atoms with van der Waals surface area (Å²) < 4.78 is 1.70. The van der Waals surface area contributed by atoms with Gasteiger partial charge < -0.3 is 0 Å². The number of nitrogens with zero attached hydrogens (tertiary/aromatic N) is 2. The first kappa shape index (κ1) is 10.0. The van der Waals surface area contributed by atoms with Crippen molar-refractivity contribution in [2.24, 2.45) is 0 Å². The van der Waals surface area contributed by atoms with Crippen LogP contribution in [-0.2, 0) is 6.42 Å². The Balaban J connectivity index is 2.60. The van der Waals surface area contributed by atoms with Gasteiger partial charge >= 0.3 is 0 Å². The number of para-hydroxylation sites is 1. The summed E-state index contributed by atoms with van der Waals surface area (Å²) in [5, 5.41) is 0.672. The zero-order valence-electron chi connectivity index (χ0n) is 9.55. The lowest BCUT2D eigenvalue weighted by Gasteiger charge is -2.07. The summed E-state index contributed by atoms with van der Waals surface area (Å²) in [6, 6.07) is 13.2. The van der Waals surface area contributed by atoms with Crippen LogP contribution in [0.25, 0.3) is 16.6 Å². The topological polar surface area (TPSA) is 34.4 Å². The molecule has 0 unspecified atom stereocenters. The molecule has 2 aromatic heterocycles. The molecule has 84 valence electrons. The maximum absolute atomic E-state index is 12.4. The lowest BCUT2D eigenvalue weighted by atomic mass is 10.2. The molecule has 0 amide bonds. The minimum Gasteiger partial charge on any atom is -0.268 e. The van der Waals surface area contributed by atoms with E-state index in [2.05, 4.69) is 4.98 Å². The van der Waals surface area contributed by atoms with Crippen LogP contribution in [0.15, 0.2) is 47.3 Å². The van der Waals surface area contributed by atoms with Crippen LogP contribution in [0.5, 0.6) is 0 Å². The SMILES string of the molecule is CCc1cccc2nc3ccccc3c(=O)n12. The van der Waals surface area contributed by atoms with Gasteiger partial charge in [-0.3, -0.25) is 9.20 Å². The molecule has 3 aromatic rings. The summed E-state index contributed by atoms with van der Waals surface area (Å²) in [6.07, 6.45) is 0.817. The van der Waals surface area contributed by atoms with Crippen LogP contribution in [0.2, 0.25) is 0 Å². The Morgan fingerprint density at radius 2 is 1.94 bits per heavy atom. The Morgan fingerprint density at radius 3 is 2.76 bits per heavy atom. The second-order valence-electron chi connectivity index (χ2n) is 4.00. The van der Waals surface area contributed by atoms with E-state index in [1.54, 1.807) is 4.40 Å². The molecule has 0 aliphatic carbocycles. The van der Waals surface area contributed by atoms with Crippen molar-refractivity contribution in [2.75, 3.05) is 0 Å². The van der Waals surface area contributed by atoms with Gasteiger partial charge in [0, 0.05) is 5.69 Å². The molecule has 0 bridgehead atoms. The molecule has 0 fully saturated rings. The van der Waals surface area contributed by atoms with Gasteiger partial charge in [-0.2, -0.15) is 0 Å². The first-order valence-electron chi connectivity index (χ1n) is 5.70. The zero-order chi connectivity index (χ0) is 11.8. The van der Waals surface area contributed by atoms with Crippen LogP contribution in [-0.4, -0.2) is 9.38 Å². The number of fused-ring (bicyclic) bond motifs is 2. The number of aromatic nitrogens is 2. The van der Waals surface area contributed by atoms with Crippen LogP contribution >= 0.6 is 0 Å². The van der Waals surface area contributed by atoms with E-state index in [0.717, 1.165) is 17.6 Å². The molecule has 0 aliphatic heterocycles. The van der Waals surface area contributed by atoms with Gasteiger partial charge in [-0.25, -0.2) is 4.98 Å². The first-order valence-corrected chi connectivity index (χ1v) is 5.70. The minimum atomic E-state index is 0.0167. The lowest BCUT2D eigenvalue weighted by Crippen LogP contribution is -2.18. The lowest BCUT2D eigenvalue weighted by molar-refractivity contribution is 0.937. The van der Waals surface area contributed by atoms with Crippen LogP contribution in [0, 0.1) is 0 Å². The second-order valence-corrected chi connectivity index (χ2v) is 4.00. The summed E-state index contributed by atoms with van der Waals surface area (Å²) in [4.78, 5) is 16.9. The molecule has 3 nitrogen and oxygen atoms in total. The van der Waals surface area contributed by atoms with Crippen molar-refractivity contribution < 1.29 is 0 Å². The number of pyridine rings is 1. The quantitative estimate of drug-likeness (QED) is 0.595. The third-order valence-electron chi connectivity index (χ3n) is 2.99. The molecule has 2 heterocycles. The molecule has 0 N–H and O–H groups in total. The monoisotopic (exact) mass is 224 g/mol. The van der Waals surface area contributed by atoms with Gasteiger partial charge in [0.05, 0.1) is 10.9 Å². The first-order chi connectivity index (χ1) is 8.31. The summed E-state index contributed by atoms with van der Waals surface area (Å²) in [6.45, 7) is 2.04. The maximum atomic E-state index is 12.4. The molecule has 0 spiro atoms. The van der Waals surface area contributed by atoms with Crippen molar-refractivity contribution in [1.82, 2.24) is 9.38 Å². The fraction of sp³-hybridized carbons (Fsp3) is 0.143. The highest BCUT2D eigenvalue weighted by molar-refractivity contribution is 5.79. The third-order valence-corrected chi connectivity index (χ3v) is 2.99. The maximum Gasteiger partial charge on any atom is 0.265 e. The van der Waals surface area contributed by atoms with Crippen LogP contribution in [0.1, 0.15) is 12.6 Å². The number of hydrogen-bond donors (Lipinski definition) is 0. The number of rotatable bonds is 1. The molecular weight excluding hydrogens is 212 g/mol. The molecule has 0 aliphatic rings. The molecule has 0 atom stereocenters. The van der Waals surface area contributed by atoms with Gasteiger partial charge in [0.2, 0.25) is 0 Å². The van der Waals surface area contributed by atoms with Crippen LogP contribution in [0.3, 0.4) is 0 Å². The molecule has 3 rings (SSSR count). The van der Waals surface area contributed by atoms with Crippen molar-refractivity contribution in [2.45, 2.75) is 13.3 Å². The van der Waals surface area contributed by atoms with E-state index in [0.29, 0.717) is 11.0 Å². The van der Waals surface area contributed by atoms with Crippen LogP contribution in [0.4, 0.5) is 0 Å². The highest BCUT2D eigenvalue weighted by atomic mass is 16.1. The Bertz CT molecular complexity index is 759. The van der Waals surface area contributed by atoms with E-state index >= 15 is 0 Å². The Labute approximate surface area is 98.4 Å². The van der Waals surface area contributed by atoms with Crippen molar-refractivity contribution in [3.8, 4) is 0 Å². The zero-order valence-corrected chi connectivity index (χ0v) is 9.55. The second kappa shape index (κ2) is 3.70. The number of benzene rings is 1. The Hall–Kier alpha value is -2.16. The van der Waals surface area contributed by atoms with Gasteiger partial charge in [0.15, 0.2) is 0 Å². The van der Waals surface area contributed by atoms with Crippen molar-refractivity contribution in [3.63, 3.8) is 0 Å². The largest absolute Gasteiger partial charge is 0.268 e. The smallest absolute Gasteiger partial charge is 0.265 e. The molecule has 0 saturated carbocycles. The van der Waals surface area contributed by atoms with E-state index in [1.165, 1.54) is 0 Å². The van der Waals surface area contributed by atoms with E-state index < -0.39 is 0 Å².